The summed E-state index contributed by atoms with van der Waals surface area (Å²) in [7, 11) is 0.800. The molecule has 0 amide bonds. The van der Waals surface area contributed by atoms with Crippen LogP contribution in [0.15, 0.2) is 0 Å². The Labute approximate surface area is 109 Å². The number of nitrogens with zero attached hydrogens (tertiary/aromatic N) is 1. The van der Waals surface area contributed by atoms with Gasteiger partial charge in [0, 0.05) is 19.4 Å². The van der Waals surface area contributed by atoms with Gasteiger partial charge in [0.05, 0.1) is 19.8 Å². The topological polar surface area (TPSA) is 68.2 Å². The van der Waals surface area contributed by atoms with Crippen molar-refractivity contribution in [2.24, 2.45) is 5.92 Å². The van der Waals surface area contributed by atoms with Crippen LogP contribution in [0.5, 0.6) is 0 Å². The first-order valence-corrected chi connectivity index (χ1v) is 7.52. The summed E-state index contributed by atoms with van der Waals surface area (Å²) in [5.74, 6) is -0.344. The Hall–Kier alpha value is -0.390. The fourth-order valence-corrected chi connectivity index (χ4v) is 1.88. The highest BCUT2D eigenvalue weighted by Crippen LogP contribution is 2.42. The summed E-state index contributed by atoms with van der Waals surface area (Å²) in [4.78, 5) is 22.3. The summed E-state index contributed by atoms with van der Waals surface area (Å²) >= 11 is 0. The van der Waals surface area contributed by atoms with Gasteiger partial charge in [-0.3, -0.25) is 4.79 Å². The molecule has 2 unspecified atom stereocenters. The molecule has 18 heavy (non-hydrogen) atoms. The third kappa shape index (κ3) is 10.7. The van der Waals surface area contributed by atoms with Crippen LogP contribution in [-0.2, 0) is 18.6 Å². The molecular formula is C11H24NO5P. The third-order valence-corrected chi connectivity index (χ3v) is 3.10. The molecule has 108 valence electrons. The number of hydrogen-bond acceptors (Lipinski definition) is 6. The van der Waals surface area contributed by atoms with Gasteiger partial charge in [-0.2, -0.15) is 0 Å². The van der Waals surface area contributed by atoms with Crippen molar-refractivity contribution in [1.82, 2.24) is 4.90 Å². The van der Waals surface area contributed by atoms with Gasteiger partial charge in [0.1, 0.15) is 0 Å². The lowest BCUT2D eigenvalue weighted by Gasteiger charge is -2.21. The van der Waals surface area contributed by atoms with E-state index in [9.17, 15) is 9.69 Å². The van der Waals surface area contributed by atoms with Crippen molar-refractivity contribution in [3.05, 3.63) is 0 Å². The van der Waals surface area contributed by atoms with E-state index in [4.69, 9.17) is 13.8 Å². The molecule has 0 radical (unpaired) electrons. The van der Waals surface area contributed by atoms with Gasteiger partial charge in [0.15, 0.2) is 0 Å². The van der Waals surface area contributed by atoms with E-state index >= 15 is 0 Å². The lowest BCUT2D eigenvalue weighted by molar-refractivity contribution is -0.142. The molecule has 0 spiro atoms. The summed E-state index contributed by atoms with van der Waals surface area (Å²) in [5, 5.41) is 0. The van der Waals surface area contributed by atoms with Crippen molar-refractivity contribution in [1.29, 1.82) is 0 Å². The highest BCUT2D eigenvalue weighted by molar-refractivity contribution is 7.58. The smallest absolute Gasteiger partial charge is 0.302 e. The molecule has 7 heteroatoms. The van der Waals surface area contributed by atoms with E-state index in [1.165, 1.54) is 6.92 Å². The Morgan fingerprint density at radius 1 is 1.39 bits per heavy atom. The normalized spacial score (nSPS) is 16.3. The van der Waals surface area contributed by atoms with Crippen LogP contribution in [0.2, 0.25) is 0 Å². The number of likely N-dealkylation sites (N-methyl/N-ethyl adjacent to an activating group) is 1. The van der Waals surface area contributed by atoms with Gasteiger partial charge in [-0.05, 0) is 20.4 Å². The van der Waals surface area contributed by atoms with Crippen LogP contribution < -0.4 is 0 Å². The zero-order valence-electron chi connectivity index (χ0n) is 11.6. The highest BCUT2D eigenvalue weighted by Gasteiger charge is 2.14. The van der Waals surface area contributed by atoms with Crippen molar-refractivity contribution in [2.45, 2.75) is 13.8 Å². The molecule has 0 aromatic rings. The van der Waals surface area contributed by atoms with Crippen LogP contribution in [0.3, 0.4) is 0 Å². The van der Waals surface area contributed by atoms with E-state index in [1.807, 2.05) is 25.9 Å². The molecule has 0 saturated carbocycles. The second-order valence-electron chi connectivity index (χ2n) is 4.48. The largest absolute Gasteiger partial charge is 0.466 e. The van der Waals surface area contributed by atoms with Crippen molar-refractivity contribution in [3.63, 3.8) is 0 Å². The Bertz CT molecular complexity index is 295. The summed E-state index contributed by atoms with van der Waals surface area (Å²) in [6.07, 6.45) is 3.53. The fraction of sp³-hybridized carbons (Fsp3) is 0.818. The van der Waals surface area contributed by atoms with Crippen LogP contribution in [0, 0.1) is 5.92 Å². The van der Waals surface area contributed by atoms with Crippen LogP contribution in [-0.4, -0.2) is 62.5 Å². The van der Waals surface area contributed by atoms with Crippen molar-refractivity contribution < 1.29 is 23.5 Å². The number of ether oxygens (including phenoxy) is 1. The molecule has 0 aliphatic carbocycles. The second kappa shape index (κ2) is 8.67. The lowest BCUT2D eigenvalue weighted by atomic mass is 10.2. The number of rotatable bonds is 9. The molecule has 0 heterocycles. The van der Waals surface area contributed by atoms with E-state index in [1.54, 1.807) is 0 Å². The predicted molar refractivity (Wildman–Crippen MR) is 72.5 cm³/mol. The lowest BCUT2D eigenvalue weighted by Crippen LogP contribution is -2.18. The Kier molecular flexibility index (Phi) is 8.48. The van der Waals surface area contributed by atoms with Crippen molar-refractivity contribution >= 4 is 19.8 Å². The molecular weight excluding hydrogens is 257 g/mol. The minimum absolute atomic E-state index is 0.0142. The van der Waals surface area contributed by atoms with Gasteiger partial charge in [0.25, 0.3) is 0 Å². The van der Waals surface area contributed by atoms with E-state index in [0.717, 1.165) is 0 Å². The minimum atomic E-state index is -3.02. The summed E-state index contributed by atoms with van der Waals surface area (Å²) in [6, 6.07) is 0. The Morgan fingerprint density at radius 2 is 2.00 bits per heavy atom. The minimum Gasteiger partial charge on any atom is -0.466 e. The summed E-state index contributed by atoms with van der Waals surface area (Å²) in [5.41, 5.74) is 0. The van der Waals surface area contributed by atoms with Crippen LogP contribution in [0.1, 0.15) is 13.8 Å². The molecule has 0 aliphatic rings. The van der Waals surface area contributed by atoms with Crippen LogP contribution in [0.4, 0.5) is 0 Å². The van der Waals surface area contributed by atoms with E-state index in [0.29, 0.717) is 13.2 Å². The van der Waals surface area contributed by atoms with Gasteiger partial charge < -0.3 is 23.6 Å². The van der Waals surface area contributed by atoms with E-state index in [-0.39, 0.29) is 25.1 Å². The standard InChI is InChI=1S/C11H24NO5P/c1-10(8-15-11(2)13)9-17-18(5,14)16-7-6-12(3)4/h10,14H,5-9H2,1-4H3. The highest BCUT2D eigenvalue weighted by atomic mass is 31.2. The maximum atomic E-state index is 10.6. The van der Waals surface area contributed by atoms with Crippen LogP contribution >= 0.6 is 7.57 Å². The van der Waals surface area contributed by atoms with E-state index < -0.39 is 7.57 Å². The maximum absolute atomic E-state index is 10.6. The number of carbonyl (C=O) groups is 1. The zero-order chi connectivity index (χ0) is 14.2. The first kappa shape index (κ1) is 17.6. The SMILES string of the molecule is C=P(O)(OCCN(C)C)OCC(C)COC(C)=O. The zero-order valence-corrected chi connectivity index (χ0v) is 12.5. The monoisotopic (exact) mass is 281 g/mol. The van der Waals surface area contributed by atoms with Gasteiger partial charge in [-0.1, -0.05) is 6.92 Å². The molecule has 1 N–H and O–H groups in total. The van der Waals surface area contributed by atoms with Gasteiger partial charge in [0.2, 0.25) is 7.57 Å². The molecule has 0 bridgehead atoms. The predicted octanol–water partition coefficient (Wildman–Crippen LogP) is 0.967. The van der Waals surface area contributed by atoms with Gasteiger partial charge >= 0.3 is 5.97 Å². The molecule has 0 fully saturated rings. The molecule has 0 saturated heterocycles. The van der Waals surface area contributed by atoms with Crippen molar-refractivity contribution in [3.8, 4) is 0 Å². The average Bonchev–Trinajstić information content (AvgIpc) is 2.22. The van der Waals surface area contributed by atoms with Crippen LogP contribution in [0.25, 0.3) is 0 Å². The maximum Gasteiger partial charge on any atom is 0.302 e. The number of esters is 1. The number of carbonyl (C=O) groups excluding carboxylic acids is 1. The fourth-order valence-electron chi connectivity index (χ4n) is 0.955. The molecule has 0 rings (SSSR count). The molecule has 2 atom stereocenters. The Balaban J connectivity index is 3.81. The van der Waals surface area contributed by atoms with E-state index in [2.05, 4.69) is 6.30 Å². The third-order valence-electron chi connectivity index (χ3n) is 1.96. The molecule has 0 aromatic carbocycles. The second-order valence-corrected chi connectivity index (χ2v) is 6.27. The van der Waals surface area contributed by atoms with Gasteiger partial charge in [-0.25, -0.2) is 0 Å². The average molecular weight is 281 g/mol. The van der Waals surface area contributed by atoms with Crippen molar-refractivity contribution in [2.75, 3.05) is 40.5 Å². The molecule has 6 nitrogen and oxygen atoms in total. The van der Waals surface area contributed by atoms with Gasteiger partial charge in [-0.15, -0.1) is 0 Å². The number of hydrogen-bond donors (Lipinski definition) is 1. The Morgan fingerprint density at radius 3 is 2.50 bits per heavy atom. The molecule has 0 aromatic heterocycles. The quantitative estimate of drug-likeness (QED) is 0.501. The summed E-state index contributed by atoms with van der Waals surface area (Å²) in [6.45, 7) is 4.74. The first-order valence-electron chi connectivity index (χ1n) is 5.76. The summed E-state index contributed by atoms with van der Waals surface area (Å²) < 4.78 is 15.3. The first-order chi connectivity index (χ1) is 8.23. The molecule has 0 aliphatic heterocycles.